The second-order valence-electron chi connectivity index (χ2n) is 6.73. The lowest BCUT2D eigenvalue weighted by molar-refractivity contribution is 0.126. The molecule has 1 aliphatic heterocycles. The fourth-order valence-corrected chi connectivity index (χ4v) is 3.75. The Bertz CT molecular complexity index is 1180. The van der Waals surface area contributed by atoms with E-state index >= 15 is 0 Å². The van der Waals surface area contributed by atoms with E-state index in [9.17, 15) is 5.11 Å². The van der Waals surface area contributed by atoms with Gasteiger partial charge in [-0.1, -0.05) is 42.1 Å². The Kier molecular flexibility index (Phi) is 5.17. The van der Waals surface area contributed by atoms with Crippen LogP contribution in [0, 0.1) is 0 Å². The van der Waals surface area contributed by atoms with Crippen LogP contribution >= 0.6 is 11.8 Å². The molecular weight excluding hydrogens is 404 g/mol. The summed E-state index contributed by atoms with van der Waals surface area (Å²) in [4.78, 5) is 0. The summed E-state index contributed by atoms with van der Waals surface area (Å²) in [6.45, 7) is 0.386. The van der Waals surface area contributed by atoms with Crippen LogP contribution in [0.1, 0.15) is 0 Å². The third kappa shape index (κ3) is 4.05. The highest BCUT2D eigenvalue weighted by Gasteiger charge is 2.17. The molecule has 8 heteroatoms. The number of rotatable bonds is 7. The van der Waals surface area contributed by atoms with Gasteiger partial charge in [0, 0.05) is 11.3 Å². The van der Waals surface area contributed by atoms with Crippen molar-refractivity contribution in [1.82, 2.24) is 10.2 Å². The first-order valence-corrected chi connectivity index (χ1v) is 10.4. The number of thioether (sulfide) groups is 1. The number of aliphatic hydroxyl groups excluding tert-OH is 1. The summed E-state index contributed by atoms with van der Waals surface area (Å²) < 4.78 is 22.1. The average Bonchev–Trinajstić information content (AvgIpc) is 3.45. The number of hydrogen-bond acceptors (Lipinski definition) is 8. The van der Waals surface area contributed by atoms with Gasteiger partial charge in [-0.25, -0.2) is 0 Å². The van der Waals surface area contributed by atoms with Crippen molar-refractivity contribution in [2.75, 3.05) is 19.2 Å². The van der Waals surface area contributed by atoms with Gasteiger partial charge in [-0.05, 0) is 41.1 Å². The first-order chi connectivity index (χ1) is 14.7. The summed E-state index contributed by atoms with van der Waals surface area (Å²) in [7, 11) is 0. The second kappa shape index (κ2) is 8.25. The van der Waals surface area contributed by atoms with Crippen LogP contribution in [0.15, 0.2) is 70.3 Å². The molecule has 5 rings (SSSR count). The van der Waals surface area contributed by atoms with Crippen LogP contribution in [0.3, 0.4) is 0 Å². The Labute approximate surface area is 176 Å². The Morgan fingerprint density at radius 3 is 2.77 bits per heavy atom. The van der Waals surface area contributed by atoms with Crippen molar-refractivity contribution in [2.24, 2.45) is 0 Å². The van der Waals surface area contributed by atoms with E-state index in [1.54, 1.807) is 6.07 Å². The monoisotopic (exact) mass is 422 g/mol. The highest BCUT2D eigenvalue weighted by atomic mass is 32.2. The number of hydrogen-bond donors (Lipinski definition) is 1. The van der Waals surface area contributed by atoms with Gasteiger partial charge >= 0.3 is 0 Å². The lowest BCUT2D eigenvalue weighted by Gasteiger charge is -2.11. The zero-order valence-electron chi connectivity index (χ0n) is 15.9. The first-order valence-electron chi connectivity index (χ1n) is 9.40. The molecule has 0 aliphatic carbocycles. The van der Waals surface area contributed by atoms with E-state index in [0.29, 0.717) is 28.4 Å². The molecule has 1 atom stereocenters. The van der Waals surface area contributed by atoms with Crippen LogP contribution in [0.5, 0.6) is 17.2 Å². The largest absolute Gasteiger partial charge is 0.491 e. The molecule has 0 bridgehead atoms. The molecule has 3 aromatic carbocycles. The smallest absolute Gasteiger partial charge is 0.276 e. The Morgan fingerprint density at radius 1 is 0.967 bits per heavy atom. The van der Waals surface area contributed by atoms with E-state index in [1.165, 1.54) is 11.8 Å². The number of ether oxygens (including phenoxy) is 3. The van der Waals surface area contributed by atoms with Gasteiger partial charge in [0.1, 0.15) is 12.4 Å². The minimum absolute atomic E-state index is 0.175. The molecule has 0 saturated heterocycles. The summed E-state index contributed by atoms with van der Waals surface area (Å²) in [5.41, 5.74) is 0.749. The van der Waals surface area contributed by atoms with Crippen LogP contribution in [-0.2, 0) is 0 Å². The van der Waals surface area contributed by atoms with Crippen molar-refractivity contribution in [3.05, 3.63) is 60.7 Å². The number of aromatic nitrogens is 2. The third-order valence-electron chi connectivity index (χ3n) is 4.59. The molecule has 2 heterocycles. The van der Waals surface area contributed by atoms with E-state index in [2.05, 4.69) is 10.2 Å². The van der Waals surface area contributed by atoms with Gasteiger partial charge in [0.15, 0.2) is 11.5 Å². The predicted octanol–water partition coefficient (Wildman–Crippen LogP) is 4.15. The standard InChI is InChI=1S/C22H18N2O5S/c25-17(11-26-18-7-5-14-3-1-2-4-15(14)9-18)12-30-22-24-23-21(29-22)16-6-8-19-20(10-16)28-13-27-19/h1-10,17,25H,11-13H2. The van der Waals surface area contributed by atoms with Gasteiger partial charge in [0.25, 0.3) is 5.22 Å². The van der Waals surface area contributed by atoms with Gasteiger partial charge < -0.3 is 23.7 Å². The number of fused-ring (bicyclic) bond motifs is 2. The van der Waals surface area contributed by atoms with E-state index in [4.69, 9.17) is 18.6 Å². The zero-order valence-corrected chi connectivity index (χ0v) is 16.7. The molecule has 0 amide bonds. The number of aliphatic hydroxyl groups is 1. The maximum absolute atomic E-state index is 10.2. The summed E-state index contributed by atoms with van der Waals surface area (Å²) in [6, 6.07) is 19.4. The maximum Gasteiger partial charge on any atom is 0.276 e. The summed E-state index contributed by atoms with van der Waals surface area (Å²) in [5.74, 6) is 2.83. The molecule has 30 heavy (non-hydrogen) atoms. The maximum atomic E-state index is 10.2. The Morgan fingerprint density at radius 2 is 1.83 bits per heavy atom. The Hall–Kier alpha value is -3.23. The van der Waals surface area contributed by atoms with Crippen LogP contribution in [-0.4, -0.2) is 40.6 Å². The molecule has 0 saturated carbocycles. The molecule has 152 valence electrons. The van der Waals surface area contributed by atoms with Crippen LogP contribution in [0.25, 0.3) is 22.2 Å². The van der Waals surface area contributed by atoms with Crippen molar-refractivity contribution < 1.29 is 23.7 Å². The minimum Gasteiger partial charge on any atom is -0.491 e. The van der Waals surface area contributed by atoms with Gasteiger partial charge in [-0.2, -0.15) is 0 Å². The molecule has 1 N–H and O–H groups in total. The quantitative estimate of drug-likeness (QED) is 0.445. The molecule has 1 unspecified atom stereocenters. The van der Waals surface area contributed by atoms with Crippen molar-refractivity contribution in [2.45, 2.75) is 11.3 Å². The molecule has 1 aromatic heterocycles. The van der Waals surface area contributed by atoms with Crippen molar-refractivity contribution in [3.63, 3.8) is 0 Å². The molecule has 0 spiro atoms. The van der Waals surface area contributed by atoms with Gasteiger partial charge in [-0.15, -0.1) is 10.2 Å². The van der Waals surface area contributed by atoms with Crippen LogP contribution in [0.4, 0.5) is 0 Å². The summed E-state index contributed by atoms with van der Waals surface area (Å²) in [5, 5.41) is 21.0. The summed E-state index contributed by atoms with van der Waals surface area (Å²) >= 11 is 1.28. The average molecular weight is 422 g/mol. The lowest BCUT2D eigenvalue weighted by Crippen LogP contribution is -2.20. The Balaban J connectivity index is 1.15. The van der Waals surface area contributed by atoms with Gasteiger partial charge in [-0.3, -0.25) is 0 Å². The van der Waals surface area contributed by atoms with E-state index < -0.39 is 6.10 Å². The molecule has 0 fully saturated rings. The van der Waals surface area contributed by atoms with E-state index in [1.807, 2.05) is 54.6 Å². The third-order valence-corrected chi connectivity index (χ3v) is 5.55. The number of nitrogens with zero attached hydrogens (tertiary/aromatic N) is 2. The molecule has 0 radical (unpaired) electrons. The fraction of sp³-hybridized carbons (Fsp3) is 0.182. The van der Waals surface area contributed by atoms with Crippen molar-refractivity contribution >= 4 is 22.5 Å². The molecular formula is C22H18N2O5S. The number of benzene rings is 3. The normalized spacial score (nSPS) is 13.5. The van der Waals surface area contributed by atoms with Gasteiger partial charge in [0.05, 0.1) is 6.10 Å². The molecule has 7 nitrogen and oxygen atoms in total. The summed E-state index contributed by atoms with van der Waals surface area (Å²) in [6.07, 6.45) is -0.678. The van der Waals surface area contributed by atoms with E-state index in [-0.39, 0.29) is 13.4 Å². The second-order valence-corrected chi connectivity index (χ2v) is 7.70. The van der Waals surface area contributed by atoms with Crippen molar-refractivity contribution in [3.8, 4) is 28.7 Å². The first kappa shape index (κ1) is 18.8. The topological polar surface area (TPSA) is 86.8 Å². The van der Waals surface area contributed by atoms with Gasteiger partial charge in [0.2, 0.25) is 12.7 Å². The lowest BCUT2D eigenvalue weighted by atomic mass is 10.1. The van der Waals surface area contributed by atoms with E-state index in [0.717, 1.165) is 22.1 Å². The van der Waals surface area contributed by atoms with Crippen LogP contribution < -0.4 is 14.2 Å². The minimum atomic E-state index is -0.678. The van der Waals surface area contributed by atoms with Crippen LogP contribution in [0.2, 0.25) is 0 Å². The van der Waals surface area contributed by atoms with Crippen molar-refractivity contribution in [1.29, 1.82) is 0 Å². The highest BCUT2D eigenvalue weighted by molar-refractivity contribution is 7.99. The zero-order chi connectivity index (χ0) is 20.3. The molecule has 1 aliphatic rings. The predicted molar refractivity (Wildman–Crippen MR) is 112 cm³/mol. The highest BCUT2D eigenvalue weighted by Crippen LogP contribution is 2.36. The molecule has 4 aromatic rings. The fourth-order valence-electron chi connectivity index (χ4n) is 3.08. The SMILES string of the molecule is OC(COc1ccc2ccccc2c1)CSc1nnc(-c2ccc3c(c2)OCO3)o1.